The zero-order chi connectivity index (χ0) is 16.9. The first-order valence-corrected chi connectivity index (χ1v) is 8.19. The lowest BCUT2D eigenvalue weighted by Crippen LogP contribution is -2.25. The Kier molecular flexibility index (Phi) is 3.38. The Morgan fingerprint density at radius 3 is 2.75 bits per heavy atom. The van der Waals surface area contributed by atoms with Crippen LogP contribution < -0.4 is 5.32 Å². The maximum Gasteiger partial charge on any atom is 0.416 e. The van der Waals surface area contributed by atoms with Crippen LogP contribution >= 0.6 is 11.3 Å². The van der Waals surface area contributed by atoms with Gasteiger partial charge in [0, 0.05) is 18.4 Å². The molecule has 1 aromatic carbocycles. The number of carbonyl (C=O) groups excluding carboxylic acids is 1. The fourth-order valence-corrected chi connectivity index (χ4v) is 3.34. The van der Waals surface area contributed by atoms with Crippen molar-refractivity contribution in [2.45, 2.75) is 25.1 Å². The molecule has 0 saturated heterocycles. The molecule has 1 fully saturated rings. The van der Waals surface area contributed by atoms with E-state index in [-0.39, 0.29) is 11.9 Å². The van der Waals surface area contributed by atoms with Crippen molar-refractivity contribution >= 4 is 22.2 Å². The van der Waals surface area contributed by atoms with Crippen molar-refractivity contribution in [3.05, 3.63) is 47.9 Å². The first-order chi connectivity index (χ1) is 11.4. The molecule has 24 heavy (non-hydrogen) atoms. The van der Waals surface area contributed by atoms with Gasteiger partial charge in [-0.15, -0.1) is 0 Å². The summed E-state index contributed by atoms with van der Waals surface area (Å²) in [6.07, 6.45) is 0.903. The number of imidazole rings is 1. The van der Waals surface area contributed by atoms with Crippen molar-refractivity contribution in [3.63, 3.8) is 0 Å². The number of fused-ring (bicyclic) bond motifs is 1. The number of alkyl halides is 3. The van der Waals surface area contributed by atoms with Gasteiger partial charge in [-0.25, -0.2) is 4.98 Å². The van der Waals surface area contributed by atoms with Crippen molar-refractivity contribution in [3.8, 4) is 10.4 Å². The summed E-state index contributed by atoms with van der Waals surface area (Å²) in [4.78, 5) is 17.5. The summed E-state index contributed by atoms with van der Waals surface area (Å²) in [7, 11) is 0. The van der Waals surface area contributed by atoms with E-state index >= 15 is 0 Å². The van der Waals surface area contributed by atoms with Gasteiger partial charge in [-0.1, -0.05) is 23.5 Å². The highest BCUT2D eigenvalue weighted by molar-refractivity contribution is 7.20. The normalized spacial score (nSPS) is 15.0. The van der Waals surface area contributed by atoms with E-state index in [2.05, 4.69) is 10.3 Å². The Morgan fingerprint density at radius 2 is 2.08 bits per heavy atom. The number of carbonyl (C=O) groups is 1. The third-order valence-corrected chi connectivity index (χ3v) is 4.82. The predicted molar refractivity (Wildman–Crippen MR) is 84.0 cm³/mol. The zero-order valence-corrected chi connectivity index (χ0v) is 13.1. The summed E-state index contributed by atoms with van der Waals surface area (Å²) >= 11 is 1.25. The van der Waals surface area contributed by atoms with Crippen LogP contribution in [0, 0.1) is 0 Å². The Hall–Kier alpha value is -2.35. The fourth-order valence-electron chi connectivity index (χ4n) is 2.37. The molecule has 2 aromatic heterocycles. The Bertz CT molecular complexity index is 893. The Labute approximate surface area is 138 Å². The van der Waals surface area contributed by atoms with E-state index in [0.29, 0.717) is 21.1 Å². The maximum absolute atomic E-state index is 12.8. The largest absolute Gasteiger partial charge is 0.416 e. The molecule has 1 N–H and O–H groups in total. The fraction of sp³-hybridized carbons (Fsp3) is 0.250. The summed E-state index contributed by atoms with van der Waals surface area (Å²) in [6, 6.07) is 5.42. The molecule has 3 aromatic rings. The number of nitrogens with zero attached hydrogens (tertiary/aromatic N) is 2. The summed E-state index contributed by atoms with van der Waals surface area (Å²) in [6.45, 7) is 0. The van der Waals surface area contributed by atoms with Crippen molar-refractivity contribution in [1.82, 2.24) is 14.7 Å². The van der Waals surface area contributed by atoms with Crippen LogP contribution in [0.15, 0.2) is 36.7 Å². The van der Waals surface area contributed by atoms with Gasteiger partial charge in [0.05, 0.1) is 10.4 Å². The molecule has 8 heteroatoms. The van der Waals surface area contributed by atoms with E-state index in [9.17, 15) is 18.0 Å². The van der Waals surface area contributed by atoms with Crippen molar-refractivity contribution in [2.24, 2.45) is 0 Å². The van der Waals surface area contributed by atoms with Crippen LogP contribution in [-0.2, 0) is 6.18 Å². The second-order valence-corrected chi connectivity index (χ2v) is 6.75. The number of rotatable bonds is 3. The van der Waals surface area contributed by atoms with Gasteiger partial charge in [0.2, 0.25) is 0 Å². The minimum atomic E-state index is -4.37. The van der Waals surface area contributed by atoms with Crippen LogP contribution in [0.5, 0.6) is 0 Å². The van der Waals surface area contributed by atoms with Gasteiger partial charge in [0.25, 0.3) is 5.91 Å². The number of hydrogen-bond donors (Lipinski definition) is 1. The quantitative estimate of drug-likeness (QED) is 0.776. The van der Waals surface area contributed by atoms with Crippen molar-refractivity contribution in [1.29, 1.82) is 0 Å². The van der Waals surface area contributed by atoms with Gasteiger partial charge < -0.3 is 5.32 Å². The molecular weight excluding hydrogens is 339 g/mol. The van der Waals surface area contributed by atoms with Crippen LogP contribution in [0.3, 0.4) is 0 Å². The second kappa shape index (κ2) is 5.34. The van der Waals surface area contributed by atoms with E-state index < -0.39 is 11.7 Å². The molecule has 0 unspecified atom stereocenters. The molecule has 1 amide bonds. The molecule has 1 saturated carbocycles. The highest BCUT2D eigenvalue weighted by Gasteiger charge is 2.30. The molecule has 0 radical (unpaired) electrons. The van der Waals surface area contributed by atoms with Crippen molar-refractivity contribution < 1.29 is 18.0 Å². The number of nitrogens with one attached hydrogen (secondary N) is 1. The van der Waals surface area contributed by atoms with E-state index in [1.165, 1.54) is 17.4 Å². The lowest BCUT2D eigenvalue weighted by Gasteiger charge is -2.07. The molecule has 1 aliphatic carbocycles. The Morgan fingerprint density at radius 1 is 1.29 bits per heavy atom. The molecule has 4 nitrogen and oxygen atoms in total. The second-order valence-electron chi connectivity index (χ2n) is 5.74. The van der Waals surface area contributed by atoms with E-state index in [1.807, 2.05) is 0 Å². The summed E-state index contributed by atoms with van der Waals surface area (Å²) in [5.74, 6) is -0.214. The molecule has 1 aliphatic rings. The summed E-state index contributed by atoms with van der Waals surface area (Å²) in [5, 5.41) is 2.86. The molecule has 4 rings (SSSR count). The minimum Gasteiger partial charge on any atom is -0.348 e. The number of amides is 1. The number of halogens is 3. The standard InChI is InChI=1S/C16H12F3N3OS/c17-16(18,19)10-3-1-2-9(6-10)13-8-22-7-12(21-15(22)24-13)14(23)20-11-4-5-11/h1-3,6-8,11H,4-5H2,(H,20,23). The van der Waals surface area contributed by atoms with E-state index in [1.54, 1.807) is 22.9 Å². The number of hydrogen-bond acceptors (Lipinski definition) is 3. The van der Waals surface area contributed by atoms with Crippen molar-refractivity contribution in [2.75, 3.05) is 0 Å². The van der Waals surface area contributed by atoms with Gasteiger partial charge in [-0.05, 0) is 30.5 Å². The number of aromatic nitrogens is 2. The zero-order valence-electron chi connectivity index (χ0n) is 12.3. The topological polar surface area (TPSA) is 46.4 Å². The molecule has 124 valence electrons. The molecule has 0 aliphatic heterocycles. The maximum atomic E-state index is 12.8. The highest BCUT2D eigenvalue weighted by atomic mass is 32.1. The third kappa shape index (κ3) is 2.89. The number of benzene rings is 1. The molecule has 2 heterocycles. The SMILES string of the molecule is O=C(NC1CC1)c1cn2cc(-c3cccc(C(F)(F)F)c3)sc2n1. The van der Waals surface area contributed by atoms with Crippen LogP contribution in [0.2, 0.25) is 0 Å². The highest BCUT2D eigenvalue weighted by Crippen LogP contribution is 2.34. The van der Waals surface area contributed by atoms with Crippen LogP contribution in [-0.4, -0.2) is 21.3 Å². The minimum absolute atomic E-state index is 0.214. The molecular formula is C16H12F3N3OS. The first kappa shape index (κ1) is 15.2. The lowest BCUT2D eigenvalue weighted by atomic mass is 10.1. The molecule has 0 bridgehead atoms. The smallest absolute Gasteiger partial charge is 0.348 e. The predicted octanol–water partition coefficient (Wildman–Crippen LogP) is 3.97. The summed E-state index contributed by atoms with van der Waals surface area (Å²) in [5.41, 5.74) is 0.114. The lowest BCUT2D eigenvalue weighted by molar-refractivity contribution is -0.137. The molecule has 0 spiro atoms. The Balaban J connectivity index is 1.64. The first-order valence-electron chi connectivity index (χ1n) is 7.37. The van der Waals surface area contributed by atoms with Gasteiger partial charge >= 0.3 is 6.18 Å². The van der Waals surface area contributed by atoms with Gasteiger partial charge in [-0.2, -0.15) is 13.2 Å². The third-order valence-electron chi connectivity index (χ3n) is 3.78. The molecule has 0 atom stereocenters. The van der Waals surface area contributed by atoms with Crippen LogP contribution in [0.4, 0.5) is 13.2 Å². The van der Waals surface area contributed by atoms with E-state index in [4.69, 9.17) is 0 Å². The van der Waals surface area contributed by atoms with Gasteiger partial charge in [0.15, 0.2) is 4.96 Å². The number of thiazole rings is 1. The average Bonchev–Trinajstić information content (AvgIpc) is 3.10. The monoisotopic (exact) mass is 351 g/mol. The average molecular weight is 351 g/mol. The van der Waals surface area contributed by atoms with E-state index in [0.717, 1.165) is 25.0 Å². The summed E-state index contributed by atoms with van der Waals surface area (Å²) < 4.78 is 40.1. The van der Waals surface area contributed by atoms with Crippen LogP contribution in [0.1, 0.15) is 28.9 Å². The van der Waals surface area contributed by atoms with Gasteiger partial charge in [-0.3, -0.25) is 9.20 Å². The van der Waals surface area contributed by atoms with Gasteiger partial charge in [0.1, 0.15) is 5.69 Å². The van der Waals surface area contributed by atoms with Crippen LogP contribution in [0.25, 0.3) is 15.4 Å².